The van der Waals surface area contributed by atoms with Crippen LogP contribution < -0.4 is 11.1 Å². The van der Waals surface area contributed by atoms with Crippen molar-refractivity contribution >= 4 is 17.5 Å². The SMILES string of the molecule is Nc1nc(Nc2ccccc2)cc(C2CC2)n1. The van der Waals surface area contributed by atoms with Gasteiger partial charge in [0.25, 0.3) is 0 Å². The predicted molar refractivity (Wildman–Crippen MR) is 68.1 cm³/mol. The molecule has 0 unspecified atom stereocenters. The first-order valence-electron chi connectivity index (χ1n) is 5.78. The molecule has 1 fully saturated rings. The first kappa shape index (κ1) is 10.1. The van der Waals surface area contributed by atoms with Crippen molar-refractivity contribution in [3.8, 4) is 0 Å². The lowest BCUT2D eigenvalue weighted by Gasteiger charge is -2.07. The Morgan fingerprint density at radius 1 is 1.12 bits per heavy atom. The van der Waals surface area contributed by atoms with Crippen molar-refractivity contribution in [2.75, 3.05) is 11.1 Å². The molecule has 3 N–H and O–H groups in total. The van der Waals surface area contributed by atoms with E-state index in [1.54, 1.807) is 0 Å². The van der Waals surface area contributed by atoms with Crippen LogP contribution in [0.2, 0.25) is 0 Å². The second kappa shape index (κ2) is 4.05. The van der Waals surface area contributed by atoms with E-state index in [1.165, 1.54) is 12.8 Å². The highest BCUT2D eigenvalue weighted by molar-refractivity contribution is 5.57. The molecule has 1 heterocycles. The molecule has 86 valence electrons. The summed E-state index contributed by atoms with van der Waals surface area (Å²) in [5.74, 6) is 1.69. The van der Waals surface area contributed by atoms with Gasteiger partial charge < -0.3 is 11.1 Å². The standard InChI is InChI=1S/C13H14N4/c14-13-16-11(9-6-7-9)8-12(17-13)15-10-4-2-1-3-5-10/h1-5,8-9H,6-7H2,(H3,14,15,16,17). The molecule has 4 nitrogen and oxygen atoms in total. The smallest absolute Gasteiger partial charge is 0.222 e. The maximum atomic E-state index is 5.72. The number of nitrogens with zero attached hydrogens (tertiary/aromatic N) is 2. The van der Waals surface area contributed by atoms with Gasteiger partial charge in [0.15, 0.2) is 0 Å². The van der Waals surface area contributed by atoms with Crippen molar-refractivity contribution < 1.29 is 0 Å². The van der Waals surface area contributed by atoms with Gasteiger partial charge in [0, 0.05) is 17.7 Å². The summed E-state index contributed by atoms with van der Waals surface area (Å²) in [4.78, 5) is 8.46. The minimum absolute atomic E-state index is 0.341. The molecule has 1 saturated carbocycles. The van der Waals surface area contributed by atoms with Gasteiger partial charge in [-0.15, -0.1) is 0 Å². The highest BCUT2D eigenvalue weighted by atomic mass is 15.1. The molecule has 0 spiro atoms. The highest BCUT2D eigenvalue weighted by Crippen LogP contribution is 2.39. The Bertz CT molecular complexity index is 520. The summed E-state index contributed by atoms with van der Waals surface area (Å²) in [7, 11) is 0. The molecule has 0 radical (unpaired) electrons. The van der Waals surface area contributed by atoms with Crippen LogP contribution in [0.1, 0.15) is 24.5 Å². The maximum Gasteiger partial charge on any atom is 0.222 e. The molecular formula is C13H14N4. The van der Waals surface area contributed by atoms with E-state index in [9.17, 15) is 0 Å². The summed E-state index contributed by atoms with van der Waals surface area (Å²) < 4.78 is 0. The van der Waals surface area contributed by atoms with Crippen molar-refractivity contribution in [3.63, 3.8) is 0 Å². The van der Waals surface area contributed by atoms with Gasteiger partial charge in [0.05, 0.1) is 5.69 Å². The van der Waals surface area contributed by atoms with Crippen LogP contribution in [0.3, 0.4) is 0 Å². The molecule has 1 aromatic heterocycles. The number of rotatable bonds is 3. The Balaban J connectivity index is 1.87. The molecule has 4 heteroatoms. The predicted octanol–water partition coefficient (Wildman–Crippen LogP) is 2.68. The van der Waals surface area contributed by atoms with E-state index in [4.69, 9.17) is 5.73 Å². The quantitative estimate of drug-likeness (QED) is 0.844. The van der Waals surface area contributed by atoms with Crippen LogP contribution in [-0.2, 0) is 0 Å². The molecule has 17 heavy (non-hydrogen) atoms. The van der Waals surface area contributed by atoms with E-state index in [0.717, 1.165) is 17.2 Å². The van der Waals surface area contributed by atoms with Gasteiger partial charge in [0.2, 0.25) is 5.95 Å². The zero-order valence-corrected chi connectivity index (χ0v) is 9.43. The van der Waals surface area contributed by atoms with Crippen LogP contribution in [0.5, 0.6) is 0 Å². The monoisotopic (exact) mass is 226 g/mol. The van der Waals surface area contributed by atoms with E-state index in [-0.39, 0.29) is 0 Å². The third kappa shape index (κ3) is 2.36. The highest BCUT2D eigenvalue weighted by Gasteiger charge is 2.25. The Morgan fingerprint density at radius 3 is 2.59 bits per heavy atom. The average Bonchev–Trinajstić information content (AvgIpc) is 3.13. The molecule has 0 amide bonds. The molecule has 0 atom stereocenters. The molecule has 0 saturated heterocycles. The lowest BCUT2D eigenvalue weighted by atomic mass is 10.2. The zero-order chi connectivity index (χ0) is 11.7. The van der Waals surface area contributed by atoms with E-state index in [0.29, 0.717) is 11.9 Å². The fourth-order valence-corrected chi connectivity index (χ4v) is 1.81. The Labute approximate surface area is 99.9 Å². The van der Waals surface area contributed by atoms with E-state index < -0.39 is 0 Å². The molecule has 3 rings (SSSR count). The fourth-order valence-electron chi connectivity index (χ4n) is 1.81. The molecule has 1 aliphatic carbocycles. The summed E-state index contributed by atoms with van der Waals surface area (Å²) in [6, 6.07) is 11.9. The van der Waals surface area contributed by atoms with Gasteiger partial charge in [-0.3, -0.25) is 0 Å². The minimum Gasteiger partial charge on any atom is -0.368 e. The topological polar surface area (TPSA) is 63.8 Å². The maximum absolute atomic E-state index is 5.72. The van der Waals surface area contributed by atoms with Crippen molar-refractivity contribution in [1.29, 1.82) is 0 Å². The summed E-state index contributed by atoms with van der Waals surface area (Å²) in [6.07, 6.45) is 2.42. The van der Waals surface area contributed by atoms with Gasteiger partial charge in [-0.1, -0.05) is 18.2 Å². The lowest BCUT2D eigenvalue weighted by molar-refractivity contribution is 1.000. The minimum atomic E-state index is 0.341. The summed E-state index contributed by atoms with van der Waals surface area (Å²) in [6.45, 7) is 0. The molecule has 2 aromatic rings. The number of benzene rings is 1. The fraction of sp³-hybridized carbons (Fsp3) is 0.231. The first-order valence-corrected chi connectivity index (χ1v) is 5.78. The van der Waals surface area contributed by atoms with Crippen LogP contribution in [0, 0.1) is 0 Å². The van der Waals surface area contributed by atoms with Crippen molar-refractivity contribution in [2.45, 2.75) is 18.8 Å². The zero-order valence-electron chi connectivity index (χ0n) is 9.43. The van der Waals surface area contributed by atoms with Crippen LogP contribution in [-0.4, -0.2) is 9.97 Å². The second-order valence-corrected chi connectivity index (χ2v) is 4.30. The summed E-state index contributed by atoms with van der Waals surface area (Å²) in [5.41, 5.74) is 7.78. The number of anilines is 3. The average molecular weight is 226 g/mol. The van der Waals surface area contributed by atoms with Gasteiger partial charge in [0.1, 0.15) is 5.82 Å². The van der Waals surface area contributed by atoms with Crippen LogP contribution >= 0.6 is 0 Å². The molecular weight excluding hydrogens is 212 g/mol. The van der Waals surface area contributed by atoms with Crippen molar-refractivity contribution in [1.82, 2.24) is 9.97 Å². The number of aromatic nitrogens is 2. The number of hydrogen-bond acceptors (Lipinski definition) is 4. The van der Waals surface area contributed by atoms with Gasteiger partial charge in [-0.05, 0) is 25.0 Å². The number of para-hydroxylation sites is 1. The van der Waals surface area contributed by atoms with Crippen molar-refractivity contribution in [2.24, 2.45) is 0 Å². The van der Waals surface area contributed by atoms with Crippen LogP contribution in [0.15, 0.2) is 36.4 Å². The Hall–Kier alpha value is -2.10. The number of nitrogens with one attached hydrogen (secondary N) is 1. The molecule has 0 aliphatic heterocycles. The molecule has 0 bridgehead atoms. The third-order valence-electron chi connectivity index (χ3n) is 2.81. The van der Waals surface area contributed by atoms with Gasteiger partial charge in [-0.2, -0.15) is 4.98 Å². The summed E-state index contributed by atoms with van der Waals surface area (Å²) >= 11 is 0. The largest absolute Gasteiger partial charge is 0.368 e. The third-order valence-corrected chi connectivity index (χ3v) is 2.81. The Morgan fingerprint density at radius 2 is 1.88 bits per heavy atom. The van der Waals surface area contributed by atoms with Crippen molar-refractivity contribution in [3.05, 3.63) is 42.1 Å². The van der Waals surface area contributed by atoms with E-state index >= 15 is 0 Å². The molecule has 1 aliphatic rings. The van der Waals surface area contributed by atoms with Gasteiger partial charge in [-0.25, -0.2) is 4.98 Å². The number of nitrogen functional groups attached to an aromatic ring is 1. The molecule has 1 aromatic carbocycles. The van der Waals surface area contributed by atoms with Crippen LogP contribution in [0.25, 0.3) is 0 Å². The number of nitrogens with two attached hydrogens (primary N) is 1. The second-order valence-electron chi connectivity index (χ2n) is 4.30. The normalized spacial score (nSPS) is 14.6. The van der Waals surface area contributed by atoms with E-state index in [1.807, 2.05) is 36.4 Å². The van der Waals surface area contributed by atoms with E-state index in [2.05, 4.69) is 15.3 Å². The Kier molecular flexibility index (Phi) is 2.40. The number of hydrogen-bond donors (Lipinski definition) is 2. The lowest BCUT2D eigenvalue weighted by Crippen LogP contribution is -2.02. The summed E-state index contributed by atoms with van der Waals surface area (Å²) in [5, 5.41) is 3.24. The first-order chi connectivity index (χ1) is 8.31. The van der Waals surface area contributed by atoms with Gasteiger partial charge >= 0.3 is 0 Å². The van der Waals surface area contributed by atoms with Crippen LogP contribution in [0.4, 0.5) is 17.5 Å².